The van der Waals surface area contributed by atoms with Gasteiger partial charge in [0, 0.05) is 11.1 Å². The molecule has 3 nitrogen and oxygen atoms in total. The van der Waals surface area contributed by atoms with Crippen molar-refractivity contribution in [2.24, 2.45) is 5.73 Å². The van der Waals surface area contributed by atoms with Crippen LogP contribution in [0.25, 0.3) is 0 Å². The van der Waals surface area contributed by atoms with E-state index >= 15 is 0 Å². The zero-order valence-corrected chi connectivity index (χ0v) is 9.39. The number of halogens is 1. The largest absolute Gasteiger partial charge is 0.504 e. The summed E-state index contributed by atoms with van der Waals surface area (Å²) < 4.78 is 18.1. The predicted molar refractivity (Wildman–Crippen MR) is 56.6 cm³/mol. The van der Waals surface area contributed by atoms with Crippen LogP contribution in [0.5, 0.6) is 11.5 Å². The van der Waals surface area contributed by atoms with Crippen LogP contribution >= 0.6 is 0 Å². The Morgan fingerprint density at radius 1 is 1.47 bits per heavy atom. The normalized spacial score (nSPS) is 11.6. The van der Waals surface area contributed by atoms with Crippen LogP contribution in [-0.2, 0) is 5.54 Å². The molecule has 0 aromatic heterocycles. The predicted octanol–water partition coefficient (Wildman–Crippen LogP) is 2.04. The first-order valence-corrected chi connectivity index (χ1v) is 4.64. The molecule has 3 N–H and O–H groups in total. The molecule has 15 heavy (non-hydrogen) atoms. The number of hydrogen-bond donors (Lipinski definition) is 2. The van der Waals surface area contributed by atoms with Gasteiger partial charge < -0.3 is 15.6 Å². The van der Waals surface area contributed by atoms with E-state index in [0.717, 1.165) is 0 Å². The van der Waals surface area contributed by atoms with Crippen molar-refractivity contribution in [2.45, 2.75) is 26.3 Å². The zero-order chi connectivity index (χ0) is 11.8. The Balaban J connectivity index is 3.53. The number of phenols is 1. The topological polar surface area (TPSA) is 55.5 Å². The van der Waals surface area contributed by atoms with Crippen LogP contribution in [0.15, 0.2) is 6.07 Å². The van der Waals surface area contributed by atoms with Crippen LogP contribution in [0, 0.1) is 12.7 Å². The number of aryl methyl sites for hydroxylation is 1. The second-order valence-corrected chi connectivity index (χ2v) is 4.15. The van der Waals surface area contributed by atoms with Gasteiger partial charge in [-0.1, -0.05) is 0 Å². The SMILES string of the molecule is COc1c(F)cc(C)c(C(C)(C)N)c1O. The van der Waals surface area contributed by atoms with Crippen molar-refractivity contribution in [1.82, 2.24) is 0 Å². The van der Waals surface area contributed by atoms with Gasteiger partial charge in [0.05, 0.1) is 7.11 Å². The van der Waals surface area contributed by atoms with Crippen molar-refractivity contribution in [3.05, 3.63) is 23.0 Å². The summed E-state index contributed by atoms with van der Waals surface area (Å²) in [6.45, 7) is 5.19. The number of methoxy groups -OCH3 is 1. The van der Waals surface area contributed by atoms with Crippen molar-refractivity contribution in [3.8, 4) is 11.5 Å². The quantitative estimate of drug-likeness (QED) is 0.790. The number of ether oxygens (including phenoxy) is 1. The molecule has 1 aromatic rings. The monoisotopic (exact) mass is 213 g/mol. The highest BCUT2D eigenvalue weighted by atomic mass is 19.1. The Hall–Kier alpha value is -1.29. The van der Waals surface area contributed by atoms with Crippen LogP contribution in [0.1, 0.15) is 25.0 Å². The molecule has 0 atom stereocenters. The highest BCUT2D eigenvalue weighted by Crippen LogP contribution is 2.39. The molecule has 0 saturated carbocycles. The summed E-state index contributed by atoms with van der Waals surface area (Å²) in [6.07, 6.45) is 0. The summed E-state index contributed by atoms with van der Waals surface area (Å²) in [6, 6.07) is 1.31. The molecule has 0 saturated heterocycles. The molecule has 0 radical (unpaired) electrons. The molecule has 0 aliphatic heterocycles. The molecule has 0 fully saturated rings. The fourth-order valence-electron chi connectivity index (χ4n) is 1.75. The van der Waals surface area contributed by atoms with Crippen LogP contribution in [0.2, 0.25) is 0 Å². The van der Waals surface area contributed by atoms with Gasteiger partial charge in [0.25, 0.3) is 0 Å². The average molecular weight is 213 g/mol. The Morgan fingerprint density at radius 2 is 2.00 bits per heavy atom. The molecule has 0 aliphatic rings. The maximum Gasteiger partial charge on any atom is 0.196 e. The van der Waals surface area contributed by atoms with Gasteiger partial charge in [-0.15, -0.1) is 0 Å². The first-order chi connectivity index (χ1) is 6.79. The van der Waals surface area contributed by atoms with Gasteiger partial charge in [-0.3, -0.25) is 0 Å². The van der Waals surface area contributed by atoms with E-state index in [0.29, 0.717) is 11.1 Å². The van der Waals surface area contributed by atoms with Crippen LogP contribution in [0.3, 0.4) is 0 Å². The van der Waals surface area contributed by atoms with Gasteiger partial charge in [-0.2, -0.15) is 0 Å². The third-order valence-corrected chi connectivity index (χ3v) is 2.25. The number of rotatable bonds is 2. The van der Waals surface area contributed by atoms with Crippen molar-refractivity contribution in [1.29, 1.82) is 0 Å². The van der Waals surface area contributed by atoms with E-state index in [1.54, 1.807) is 20.8 Å². The summed E-state index contributed by atoms with van der Waals surface area (Å²) >= 11 is 0. The maximum atomic E-state index is 13.4. The van der Waals surface area contributed by atoms with E-state index in [4.69, 9.17) is 10.5 Å². The molecule has 84 valence electrons. The second kappa shape index (κ2) is 3.70. The van der Waals surface area contributed by atoms with Gasteiger partial charge in [-0.25, -0.2) is 4.39 Å². The van der Waals surface area contributed by atoms with Gasteiger partial charge in [0.2, 0.25) is 0 Å². The van der Waals surface area contributed by atoms with E-state index in [1.807, 2.05) is 0 Å². The molecule has 0 aliphatic carbocycles. The van der Waals surface area contributed by atoms with E-state index in [2.05, 4.69) is 0 Å². The molecular formula is C11H16FNO2. The van der Waals surface area contributed by atoms with Gasteiger partial charge in [-0.05, 0) is 32.4 Å². The highest BCUT2D eigenvalue weighted by molar-refractivity contribution is 5.53. The molecule has 1 rings (SSSR count). The fraction of sp³-hybridized carbons (Fsp3) is 0.455. The number of aromatic hydroxyl groups is 1. The standard InChI is InChI=1S/C11H16FNO2/c1-6-5-7(12)10(15-4)9(14)8(6)11(2,3)13/h5,14H,13H2,1-4H3. The lowest BCUT2D eigenvalue weighted by Gasteiger charge is -2.24. The lowest BCUT2D eigenvalue weighted by Crippen LogP contribution is -2.30. The first kappa shape index (κ1) is 11.8. The maximum absolute atomic E-state index is 13.4. The number of nitrogens with two attached hydrogens (primary N) is 1. The first-order valence-electron chi connectivity index (χ1n) is 4.64. The summed E-state index contributed by atoms with van der Waals surface area (Å²) in [5.74, 6) is -0.961. The smallest absolute Gasteiger partial charge is 0.196 e. The average Bonchev–Trinajstić information content (AvgIpc) is 2.00. The van der Waals surface area contributed by atoms with E-state index in [-0.39, 0.29) is 11.5 Å². The van der Waals surface area contributed by atoms with E-state index in [1.165, 1.54) is 13.2 Å². The minimum absolute atomic E-state index is 0.158. The van der Waals surface area contributed by atoms with Gasteiger partial charge in [0.1, 0.15) is 0 Å². The molecule has 0 unspecified atom stereocenters. The van der Waals surface area contributed by atoms with Crippen molar-refractivity contribution >= 4 is 0 Å². The van der Waals surface area contributed by atoms with E-state index < -0.39 is 11.4 Å². The highest BCUT2D eigenvalue weighted by Gasteiger charge is 2.25. The Morgan fingerprint density at radius 3 is 2.40 bits per heavy atom. The van der Waals surface area contributed by atoms with Gasteiger partial charge in [0.15, 0.2) is 17.3 Å². The zero-order valence-electron chi connectivity index (χ0n) is 9.39. The third-order valence-electron chi connectivity index (χ3n) is 2.25. The molecule has 0 heterocycles. The number of phenolic OH excluding ortho intramolecular Hbond substituents is 1. The summed E-state index contributed by atoms with van der Waals surface area (Å²) in [5, 5.41) is 9.84. The van der Waals surface area contributed by atoms with Crippen LogP contribution in [0.4, 0.5) is 4.39 Å². The van der Waals surface area contributed by atoms with Gasteiger partial charge >= 0.3 is 0 Å². The fourth-order valence-corrected chi connectivity index (χ4v) is 1.75. The molecule has 4 heteroatoms. The van der Waals surface area contributed by atoms with Crippen molar-refractivity contribution in [2.75, 3.05) is 7.11 Å². The molecular weight excluding hydrogens is 197 g/mol. The van der Waals surface area contributed by atoms with Crippen molar-refractivity contribution < 1.29 is 14.2 Å². The molecule has 0 spiro atoms. The van der Waals surface area contributed by atoms with Crippen LogP contribution < -0.4 is 10.5 Å². The third kappa shape index (κ3) is 2.04. The van der Waals surface area contributed by atoms with Crippen LogP contribution in [-0.4, -0.2) is 12.2 Å². The molecule has 0 amide bonds. The summed E-state index contributed by atoms with van der Waals surface area (Å²) in [5.41, 5.74) is 6.26. The number of hydrogen-bond acceptors (Lipinski definition) is 3. The lowest BCUT2D eigenvalue weighted by atomic mass is 9.90. The lowest BCUT2D eigenvalue weighted by molar-refractivity contribution is 0.341. The minimum atomic E-state index is -0.741. The summed E-state index contributed by atoms with van der Waals surface area (Å²) in [7, 11) is 1.31. The molecule has 1 aromatic carbocycles. The summed E-state index contributed by atoms with van der Waals surface area (Å²) in [4.78, 5) is 0. The molecule has 0 bridgehead atoms. The Bertz CT molecular complexity index is 383. The van der Waals surface area contributed by atoms with E-state index in [9.17, 15) is 9.50 Å². The Labute approximate surface area is 88.7 Å². The second-order valence-electron chi connectivity index (χ2n) is 4.15. The minimum Gasteiger partial charge on any atom is -0.504 e. The number of benzene rings is 1. The van der Waals surface area contributed by atoms with Crippen molar-refractivity contribution in [3.63, 3.8) is 0 Å². The Kier molecular flexibility index (Phi) is 2.90.